The second kappa shape index (κ2) is 9.27. The lowest BCUT2D eigenvalue weighted by atomic mass is 10.2. The molecule has 0 fully saturated rings. The number of aliphatic imine (C=N–C) groups is 1. The van der Waals surface area contributed by atoms with Gasteiger partial charge in [0.2, 0.25) is 5.89 Å². The van der Waals surface area contributed by atoms with Crippen molar-refractivity contribution in [3.05, 3.63) is 58.1 Å². The van der Waals surface area contributed by atoms with Crippen LogP contribution in [0.2, 0.25) is 0 Å². The fourth-order valence-electron chi connectivity index (χ4n) is 2.42. The first kappa shape index (κ1) is 19.0. The molecule has 0 unspecified atom stereocenters. The third-order valence-corrected chi connectivity index (χ3v) is 4.60. The second-order valence-electron chi connectivity index (χ2n) is 5.89. The molecule has 8 heteroatoms. The molecule has 0 radical (unpaired) electrons. The summed E-state index contributed by atoms with van der Waals surface area (Å²) in [6.07, 6.45) is 4.17. The predicted molar refractivity (Wildman–Crippen MR) is 105 cm³/mol. The highest BCUT2D eigenvalue weighted by molar-refractivity contribution is 7.11. The van der Waals surface area contributed by atoms with Crippen molar-refractivity contribution in [3.8, 4) is 11.5 Å². The van der Waals surface area contributed by atoms with Crippen LogP contribution in [0.25, 0.3) is 11.5 Å². The van der Waals surface area contributed by atoms with E-state index in [2.05, 4.69) is 25.6 Å². The van der Waals surface area contributed by atoms with Gasteiger partial charge in [-0.15, -0.1) is 11.3 Å². The smallest absolute Gasteiger partial charge is 0.226 e. The third-order valence-electron chi connectivity index (χ3n) is 3.70. The molecular formula is C19H22FN5OS. The van der Waals surface area contributed by atoms with Gasteiger partial charge < -0.3 is 15.1 Å². The quantitative estimate of drug-likeness (QED) is 0.479. The minimum absolute atomic E-state index is 0.280. The summed E-state index contributed by atoms with van der Waals surface area (Å²) in [7, 11) is 0. The van der Waals surface area contributed by atoms with E-state index in [9.17, 15) is 4.39 Å². The molecular weight excluding hydrogens is 365 g/mol. The Balaban J connectivity index is 1.53. The lowest BCUT2D eigenvalue weighted by Gasteiger charge is -2.10. The van der Waals surface area contributed by atoms with Crippen molar-refractivity contribution in [2.45, 2.75) is 26.8 Å². The monoisotopic (exact) mass is 387 g/mol. The zero-order valence-electron chi connectivity index (χ0n) is 15.3. The normalized spacial score (nSPS) is 11.6. The van der Waals surface area contributed by atoms with Crippen LogP contribution in [0.5, 0.6) is 0 Å². The molecule has 142 valence electrons. The molecule has 3 aromatic rings. The Labute approximate surface area is 161 Å². The zero-order valence-corrected chi connectivity index (χ0v) is 16.1. The molecule has 0 saturated heterocycles. The van der Waals surface area contributed by atoms with Crippen LogP contribution in [0, 0.1) is 12.7 Å². The number of halogens is 1. The van der Waals surface area contributed by atoms with Gasteiger partial charge in [-0.05, 0) is 38.1 Å². The van der Waals surface area contributed by atoms with E-state index in [0.29, 0.717) is 25.4 Å². The van der Waals surface area contributed by atoms with Gasteiger partial charge in [-0.25, -0.2) is 19.4 Å². The molecule has 0 saturated carbocycles. The number of hydrogen-bond acceptors (Lipinski definition) is 5. The highest BCUT2D eigenvalue weighted by Gasteiger charge is 2.07. The molecule has 0 aliphatic carbocycles. The van der Waals surface area contributed by atoms with Gasteiger partial charge in [-0.1, -0.05) is 0 Å². The molecule has 3 rings (SSSR count). The molecule has 0 atom stereocenters. The molecule has 0 aliphatic heterocycles. The lowest BCUT2D eigenvalue weighted by molar-refractivity contribution is 0.571. The maximum absolute atomic E-state index is 13.0. The second-order valence-corrected chi connectivity index (χ2v) is 7.21. The first-order valence-corrected chi connectivity index (χ1v) is 9.59. The fraction of sp³-hybridized carbons (Fsp3) is 0.316. The molecule has 2 aromatic heterocycles. The summed E-state index contributed by atoms with van der Waals surface area (Å²) in [5, 5.41) is 7.50. The Morgan fingerprint density at radius 3 is 2.78 bits per heavy atom. The summed E-state index contributed by atoms with van der Waals surface area (Å²) in [5.41, 5.74) is 1.58. The summed E-state index contributed by atoms with van der Waals surface area (Å²) in [4.78, 5) is 14.5. The van der Waals surface area contributed by atoms with Crippen molar-refractivity contribution in [1.29, 1.82) is 0 Å². The van der Waals surface area contributed by atoms with Crippen LogP contribution in [0.1, 0.15) is 22.5 Å². The molecule has 0 aliphatic rings. The van der Waals surface area contributed by atoms with Crippen LogP contribution < -0.4 is 10.6 Å². The van der Waals surface area contributed by atoms with Crippen molar-refractivity contribution >= 4 is 17.3 Å². The Hall–Kier alpha value is -2.74. The minimum atomic E-state index is -0.280. The number of guanidine groups is 1. The standard InChI is InChI=1S/C19H22FN5OS/c1-3-21-19(24-11-17-23-10-13(2)27-17)22-9-8-16-12-26-18(25-16)14-4-6-15(20)7-5-14/h4-7,10,12H,3,8-9,11H2,1-2H3,(H2,21,22,24). The molecule has 6 nitrogen and oxygen atoms in total. The Morgan fingerprint density at radius 1 is 1.26 bits per heavy atom. The number of nitrogens with zero attached hydrogens (tertiary/aromatic N) is 3. The number of thiazole rings is 1. The van der Waals surface area contributed by atoms with Crippen LogP contribution in [-0.2, 0) is 13.0 Å². The summed E-state index contributed by atoms with van der Waals surface area (Å²) in [6.45, 7) is 6.05. The van der Waals surface area contributed by atoms with E-state index in [0.717, 1.165) is 28.8 Å². The molecule has 2 N–H and O–H groups in total. The molecule has 2 heterocycles. The molecule has 0 bridgehead atoms. The summed E-state index contributed by atoms with van der Waals surface area (Å²) < 4.78 is 18.5. The molecule has 0 amide bonds. The van der Waals surface area contributed by atoms with Crippen LogP contribution in [-0.4, -0.2) is 29.0 Å². The number of nitrogens with one attached hydrogen (secondary N) is 2. The first-order valence-electron chi connectivity index (χ1n) is 8.78. The lowest BCUT2D eigenvalue weighted by Crippen LogP contribution is -2.38. The number of rotatable bonds is 7. The number of aryl methyl sites for hydroxylation is 1. The summed E-state index contributed by atoms with van der Waals surface area (Å²) in [5.74, 6) is 0.954. The fourth-order valence-corrected chi connectivity index (χ4v) is 3.13. The molecule has 0 spiro atoms. The van der Waals surface area contributed by atoms with Gasteiger partial charge in [-0.3, -0.25) is 0 Å². The van der Waals surface area contributed by atoms with E-state index in [-0.39, 0.29) is 5.82 Å². The average Bonchev–Trinajstić information content (AvgIpc) is 3.29. The Morgan fingerprint density at radius 2 is 2.07 bits per heavy atom. The van der Waals surface area contributed by atoms with E-state index in [1.54, 1.807) is 29.7 Å². The van der Waals surface area contributed by atoms with Gasteiger partial charge in [0.1, 0.15) is 17.1 Å². The Bertz CT molecular complexity index is 888. The maximum Gasteiger partial charge on any atom is 0.226 e. The summed E-state index contributed by atoms with van der Waals surface area (Å²) in [6, 6.07) is 6.09. The third kappa shape index (κ3) is 5.62. The van der Waals surface area contributed by atoms with Crippen molar-refractivity contribution in [2.24, 2.45) is 4.99 Å². The van der Waals surface area contributed by atoms with Crippen LogP contribution in [0.3, 0.4) is 0 Å². The van der Waals surface area contributed by atoms with E-state index in [1.807, 2.05) is 20.0 Å². The molecule has 27 heavy (non-hydrogen) atoms. The summed E-state index contributed by atoms with van der Waals surface area (Å²) >= 11 is 1.65. The first-order chi connectivity index (χ1) is 13.1. The molecule has 1 aromatic carbocycles. The van der Waals surface area contributed by atoms with Crippen molar-refractivity contribution in [3.63, 3.8) is 0 Å². The predicted octanol–water partition coefficient (Wildman–Crippen LogP) is 3.54. The van der Waals surface area contributed by atoms with E-state index in [1.165, 1.54) is 17.0 Å². The van der Waals surface area contributed by atoms with Crippen LogP contribution in [0.4, 0.5) is 4.39 Å². The van der Waals surface area contributed by atoms with Crippen molar-refractivity contribution in [1.82, 2.24) is 20.6 Å². The van der Waals surface area contributed by atoms with E-state index >= 15 is 0 Å². The van der Waals surface area contributed by atoms with Gasteiger partial charge in [0, 0.05) is 36.1 Å². The van der Waals surface area contributed by atoms with Crippen molar-refractivity contribution < 1.29 is 8.81 Å². The van der Waals surface area contributed by atoms with Crippen LogP contribution in [0.15, 0.2) is 46.1 Å². The highest BCUT2D eigenvalue weighted by atomic mass is 32.1. The minimum Gasteiger partial charge on any atom is -0.444 e. The average molecular weight is 387 g/mol. The van der Waals surface area contributed by atoms with Gasteiger partial charge in [0.25, 0.3) is 0 Å². The topological polar surface area (TPSA) is 75.3 Å². The van der Waals surface area contributed by atoms with Gasteiger partial charge in [-0.2, -0.15) is 0 Å². The van der Waals surface area contributed by atoms with Crippen molar-refractivity contribution in [2.75, 3.05) is 13.1 Å². The number of benzene rings is 1. The van der Waals surface area contributed by atoms with E-state index < -0.39 is 0 Å². The van der Waals surface area contributed by atoms with Gasteiger partial charge in [0.15, 0.2) is 5.96 Å². The zero-order chi connectivity index (χ0) is 19.1. The number of oxazole rings is 1. The van der Waals surface area contributed by atoms with E-state index in [4.69, 9.17) is 4.42 Å². The maximum atomic E-state index is 13.0. The Kier molecular flexibility index (Phi) is 6.54. The number of hydrogen-bond donors (Lipinski definition) is 2. The highest BCUT2D eigenvalue weighted by Crippen LogP contribution is 2.19. The van der Waals surface area contributed by atoms with Gasteiger partial charge >= 0.3 is 0 Å². The largest absolute Gasteiger partial charge is 0.444 e. The van der Waals surface area contributed by atoms with Gasteiger partial charge in [0.05, 0.1) is 12.2 Å². The number of aromatic nitrogens is 2. The SMILES string of the molecule is CCNC(=NCc1ncc(C)s1)NCCc1coc(-c2ccc(F)cc2)n1. The van der Waals surface area contributed by atoms with Crippen LogP contribution >= 0.6 is 11.3 Å².